The van der Waals surface area contributed by atoms with E-state index in [4.69, 9.17) is 4.99 Å². The van der Waals surface area contributed by atoms with Crippen LogP contribution in [-0.4, -0.2) is 54.6 Å². The minimum atomic E-state index is 0.459. The van der Waals surface area contributed by atoms with Gasteiger partial charge in [0.05, 0.1) is 6.54 Å². The maximum absolute atomic E-state index is 4.69. The number of aromatic nitrogens is 1. The van der Waals surface area contributed by atoms with Gasteiger partial charge < -0.3 is 10.6 Å². The zero-order chi connectivity index (χ0) is 16.2. The standard InChI is InChI=1S/C17H31N5/c1-5-18-17(21-14-15(4)22(6-2)7-3)20-13-11-16-10-8-9-12-19-16/h8-10,12,15H,5-7,11,13-14H2,1-4H3,(H2,18,20,21). The third-order valence-electron chi connectivity index (χ3n) is 3.69. The van der Waals surface area contributed by atoms with Crippen molar-refractivity contribution in [3.8, 4) is 0 Å². The monoisotopic (exact) mass is 305 g/mol. The molecule has 22 heavy (non-hydrogen) atoms. The summed E-state index contributed by atoms with van der Waals surface area (Å²) in [6.07, 6.45) is 2.73. The van der Waals surface area contributed by atoms with Crippen molar-refractivity contribution in [1.29, 1.82) is 0 Å². The topological polar surface area (TPSA) is 52.6 Å². The highest BCUT2D eigenvalue weighted by molar-refractivity contribution is 5.79. The molecular formula is C17H31N5. The largest absolute Gasteiger partial charge is 0.357 e. The smallest absolute Gasteiger partial charge is 0.191 e. The van der Waals surface area contributed by atoms with Gasteiger partial charge >= 0.3 is 0 Å². The van der Waals surface area contributed by atoms with Gasteiger partial charge in [-0.3, -0.25) is 14.9 Å². The maximum Gasteiger partial charge on any atom is 0.191 e. The third kappa shape index (κ3) is 6.89. The molecule has 2 N–H and O–H groups in total. The molecule has 0 aliphatic carbocycles. The summed E-state index contributed by atoms with van der Waals surface area (Å²) in [6, 6.07) is 6.47. The lowest BCUT2D eigenvalue weighted by molar-refractivity contribution is 0.237. The van der Waals surface area contributed by atoms with Crippen LogP contribution in [-0.2, 0) is 6.42 Å². The van der Waals surface area contributed by atoms with Crippen molar-refractivity contribution in [3.63, 3.8) is 0 Å². The first kappa shape index (κ1) is 18.4. The summed E-state index contributed by atoms with van der Waals surface area (Å²) in [5, 5.41) is 6.68. The Morgan fingerprint density at radius 2 is 2.00 bits per heavy atom. The fraction of sp³-hybridized carbons (Fsp3) is 0.647. The number of nitrogens with zero attached hydrogens (tertiary/aromatic N) is 3. The zero-order valence-corrected chi connectivity index (χ0v) is 14.5. The Morgan fingerprint density at radius 1 is 1.23 bits per heavy atom. The molecular weight excluding hydrogens is 274 g/mol. The molecule has 1 aromatic rings. The van der Waals surface area contributed by atoms with Crippen LogP contribution in [0.2, 0.25) is 0 Å². The molecule has 1 heterocycles. The van der Waals surface area contributed by atoms with Gasteiger partial charge in [0, 0.05) is 37.4 Å². The van der Waals surface area contributed by atoms with E-state index in [-0.39, 0.29) is 0 Å². The van der Waals surface area contributed by atoms with Crippen molar-refractivity contribution in [1.82, 2.24) is 20.5 Å². The van der Waals surface area contributed by atoms with Crippen molar-refractivity contribution in [3.05, 3.63) is 30.1 Å². The summed E-state index contributed by atoms with van der Waals surface area (Å²) >= 11 is 0. The van der Waals surface area contributed by atoms with Crippen LogP contribution >= 0.6 is 0 Å². The second-order valence-corrected chi connectivity index (χ2v) is 5.29. The Labute approximate surface area is 135 Å². The van der Waals surface area contributed by atoms with Crippen LogP contribution in [0, 0.1) is 0 Å². The number of rotatable bonds is 9. The Balaban J connectivity index is 2.44. The second-order valence-electron chi connectivity index (χ2n) is 5.29. The number of nitrogens with one attached hydrogen (secondary N) is 2. The molecule has 1 unspecified atom stereocenters. The molecule has 0 spiro atoms. The van der Waals surface area contributed by atoms with Crippen LogP contribution < -0.4 is 10.6 Å². The summed E-state index contributed by atoms with van der Waals surface area (Å²) in [7, 11) is 0. The molecule has 1 atom stereocenters. The van der Waals surface area contributed by atoms with Crippen LogP contribution in [0.1, 0.15) is 33.4 Å². The van der Waals surface area contributed by atoms with Gasteiger partial charge in [-0.15, -0.1) is 0 Å². The summed E-state index contributed by atoms with van der Waals surface area (Å²) < 4.78 is 0. The molecule has 0 saturated heterocycles. The lowest BCUT2D eigenvalue weighted by Crippen LogP contribution is -2.40. The van der Waals surface area contributed by atoms with E-state index in [0.29, 0.717) is 6.04 Å². The molecule has 0 amide bonds. The normalized spacial score (nSPS) is 13.2. The van der Waals surface area contributed by atoms with E-state index in [1.54, 1.807) is 0 Å². The number of likely N-dealkylation sites (N-methyl/N-ethyl adjacent to an activating group) is 1. The number of hydrogen-bond acceptors (Lipinski definition) is 3. The van der Waals surface area contributed by atoms with E-state index in [1.807, 2.05) is 24.4 Å². The van der Waals surface area contributed by atoms with E-state index < -0.39 is 0 Å². The average molecular weight is 305 g/mol. The molecule has 0 aromatic carbocycles. The second kappa shape index (κ2) is 11.0. The fourth-order valence-electron chi connectivity index (χ4n) is 2.38. The predicted octanol–water partition coefficient (Wildman–Crippen LogP) is 1.91. The average Bonchev–Trinajstić information content (AvgIpc) is 2.54. The highest BCUT2D eigenvalue weighted by Gasteiger charge is 2.09. The van der Waals surface area contributed by atoms with E-state index in [0.717, 1.165) is 50.8 Å². The van der Waals surface area contributed by atoms with Crippen molar-refractivity contribution in [2.75, 3.05) is 32.7 Å². The van der Waals surface area contributed by atoms with Crippen molar-refractivity contribution >= 4 is 5.96 Å². The molecule has 0 bridgehead atoms. The number of hydrogen-bond donors (Lipinski definition) is 2. The Morgan fingerprint density at radius 3 is 2.59 bits per heavy atom. The quantitative estimate of drug-likeness (QED) is 0.540. The van der Waals surface area contributed by atoms with Crippen LogP contribution in [0.25, 0.3) is 0 Å². The van der Waals surface area contributed by atoms with Gasteiger partial charge in [0.15, 0.2) is 5.96 Å². The molecule has 5 heteroatoms. The highest BCUT2D eigenvalue weighted by atomic mass is 15.2. The molecule has 0 aliphatic rings. The van der Waals surface area contributed by atoms with Crippen LogP contribution in [0.5, 0.6) is 0 Å². The SMILES string of the molecule is CCNC(=NCC(C)N(CC)CC)NCCc1ccccn1. The van der Waals surface area contributed by atoms with Gasteiger partial charge in [-0.1, -0.05) is 19.9 Å². The minimum Gasteiger partial charge on any atom is -0.357 e. The summed E-state index contributed by atoms with van der Waals surface area (Å²) in [5.74, 6) is 0.887. The van der Waals surface area contributed by atoms with Crippen molar-refractivity contribution in [2.24, 2.45) is 4.99 Å². The zero-order valence-electron chi connectivity index (χ0n) is 14.5. The lowest BCUT2D eigenvalue weighted by Gasteiger charge is -2.25. The van der Waals surface area contributed by atoms with Gasteiger partial charge in [0.2, 0.25) is 0 Å². The van der Waals surface area contributed by atoms with Crippen LogP contribution in [0.15, 0.2) is 29.4 Å². The molecule has 5 nitrogen and oxygen atoms in total. The minimum absolute atomic E-state index is 0.459. The number of guanidine groups is 1. The fourth-order valence-corrected chi connectivity index (χ4v) is 2.38. The first-order valence-corrected chi connectivity index (χ1v) is 8.37. The summed E-state index contributed by atoms with van der Waals surface area (Å²) in [6.45, 7) is 13.4. The highest BCUT2D eigenvalue weighted by Crippen LogP contribution is 1.98. The Kier molecular flexibility index (Phi) is 9.23. The molecule has 0 radical (unpaired) electrons. The van der Waals surface area contributed by atoms with Gasteiger partial charge in [0.1, 0.15) is 0 Å². The van der Waals surface area contributed by atoms with Gasteiger partial charge in [0.25, 0.3) is 0 Å². The van der Waals surface area contributed by atoms with Gasteiger partial charge in [-0.05, 0) is 39.1 Å². The van der Waals surface area contributed by atoms with E-state index in [1.165, 1.54) is 0 Å². The molecule has 124 valence electrons. The lowest BCUT2D eigenvalue weighted by atomic mass is 10.3. The van der Waals surface area contributed by atoms with E-state index in [2.05, 4.69) is 48.2 Å². The van der Waals surface area contributed by atoms with Crippen LogP contribution in [0.4, 0.5) is 0 Å². The Bertz CT molecular complexity index is 414. The first-order chi connectivity index (χ1) is 10.7. The molecule has 0 fully saturated rings. The van der Waals surface area contributed by atoms with Crippen LogP contribution in [0.3, 0.4) is 0 Å². The summed E-state index contributed by atoms with van der Waals surface area (Å²) in [5.41, 5.74) is 1.10. The summed E-state index contributed by atoms with van der Waals surface area (Å²) in [4.78, 5) is 11.4. The van der Waals surface area contributed by atoms with Gasteiger partial charge in [-0.25, -0.2) is 0 Å². The number of pyridine rings is 1. The van der Waals surface area contributed by atoms with E-state index in [9.17, 15) is 0 Å². The number of aliphatic imine (C=N–C) groups is 1. The predicted molar refractivity (Wildman–Crippen MR) is 94.3 cm³/mol. The maximum atomic E-state index is 4.69. The van der Waals surface area contributed by atoms with E-state index >= 15 is 0 Å². The van der Waals surface area contributed by atoms with Crippen molar-refractivity contribution < 1.29 is 0 Å². The Hall–Kier alpha value is -1.62. The molecule has 1 rings (SSSR count). The van der Waals surface area contributed by atoms with Crippen molar-refractivity contribution in [2.45, 2.75) is 40.2 Å². The molecule has 0 saturated carbocycles. The molecule has 1 aromatic heterocycles. The first-order valence-electron chi connectivity index (χ1n) is 8.37. The molecule has 0 aliphatic heterocycles. The van der Waals surface area contributed by atoms with Gasteiger partial charge in [-0.2, -0.15) is 0 Å². The third-order valence-corrected chi connectivity index (χ3v) is 3.69.